The molecule has 2 aromatic rings. The minimum atomic E-state index is -1.83. The van der Waals surface area contributed by atoms with E-state index in [4.69, 9.17) is 39.9 Å². The van der Waals surface area contributed by atoms with E-state index in [-0.39, 0.29) is 80.5 Å². The average molecular weight is 1130 g/mol. The summed E-state index contributed by atoms with van der Waals surface area (Å²) in [7, 11) is 1.95. The molecule has 2 fully saturated rings. The van der Waals surface area contributed by atoms with Crippen LogP contribution < -0.4 is 71.6 Å². The lowest BCUT2D eigenvalue weighted by Crippen LogP contribution is -2.61. The fourth-order valence-corrected chi connectivity index (χ4v) is 10.2. The van der Waals surface area contributed by atoms with Crippen LogP contribution >= 0.6 is 21.6 Å². The van der Waals surface area contributed by atoms with Crippen molar-refractivity contribution >= 4 is 98.2 Å². The summed E-state index contributed by atoms with van der Waals surface area (Å²) in [5.41, 5.74) is 43.4. The molecule has 2 aliphatic heterocycles. The fourth-order valence-electron chi connectivity index (χ4n) is 7.94. The third-order valence-corrected chi connectivity index (χ3v) is 14.3. The summed E-state index contributed by atoms with van der Waals surface area (Å²) in [4.78, 5) is 157. The number of carbonyl (C=O) groups is 11. The van der Waals surface area contributed by atoms with Gasteiger partial charge in [0.1, 0.15) is 48.0 Å². The average Bonchev–Trinajstić information content (AvgIpc) is 3.89. The summed E-state index contributed by atoms with van der Waals surface area (Å²) in [6, 6.07) is -0.232. The summed E-state index contributed by atoms with van der Waals surface area (Å²) in [5, 5.41) is 31.0. The Balaban J connectivity index is 1.73. The van der Waals surface area contributed by atoms with Gasteiger partial charge in [0.25, 0.3) is 0 Å². The Kier molecular flexibility index (Phi) is 24.7. The molecular formula is C46H64N18O12S2. The van der Waals surface area contributed by atoms with Crippen LogP contribution in [0.5, 0.6) is 5.75 Å². The van der Waals surface area contributed by atoms with Gasteiger partial charge in [0.15, 0.2) is 5.96 Å². The highest BCUT2D eigenvalue weighted by Gasteiger charge is 2.40. The molecule has 8 atom stereocenters. The van der Waals surface area contributed by atoms with E-state index in [0.29, 0.717) is 11.1 Å². The second-order valence-corrected chi connectivity index (χ2v) is 20.5. The normalized spacial score (nSPS) is 22.0. The fraction of sp³-hybridized carbons (Fsp3) is 0.478. The number of phenols is 1. The zero-order valence-corrected chi connectivity index (χ0v) is 43.7. The minimum Gasteiger partial charge on any atom is -0.508 e. The van der Waals surface area contributed by atoms with Gasteiger partial charge in [-0.1, -0.05) is 63.1 Å². The number of nitrogens with two attached hydrogens (primary N) is 6. The van der Waals surface area contributed by atoms with Crippen molar-refractivity contribution in [3.8, 4) is 5.75 Å². The number of nitrogens with one attached hydrogen (secondary N) is 7. The summed E-state index contributed by atoms with van der Waals surface area (Å²) in [5.74, 6) is -11.0. The summed E-state index contributed by atoms with van der Waals surface area (Å²) in [6.45, 7) is -0.480. The lowest BCUT2D eigenvalue weighted by molar-refractivity contribution is -0.142. The van der Waals surface area contributed by atoms with Gasteiger partial charge in [0.05, 0.1) is 19.0 Å². The molecule has 0 saturated carbocycles. The van der Waals surface area contributed by atoms with Gasteiger partial charge in [0, 0.05) is 54.5 Å². The largest absolute Gasteiger partial charge is 0.508 e. The van der Waals surface area contributed by atoms with Crippen molar-refractivity contribution in [2.75, 3.05) is 31.1 Å². The summed E-state index contributed by atoms with van der Waals surface area (Å²) in [6.07, 6.45) is -1.73. The Morgan fingerprint density at radius 3 is 1.90 bits per heavy atom. The van der Waals surface area contributed by atoms with Crippen LogP contribution in [0.15, 0.2) is 58.6 Å². The standard InChI is InChI=1S/C46H64N18O12S2/c47-27-21-77-78-22-33(45(76)64-16-2-4-34(64)44(75)57-28(3-1-15-54-46(51)52)39(70)55-20-37(50)68)61-43(74)32(19-36(49)67)60-40(71)29(13-14-35(48)66)56-41(72)31(17-23-5-9-25(10-6-23)62-63-53)59-42(73)30(58-38(27)69)18-24-7-11-26(65)12-8-24/h5-12,27-34,65H,1-4,13-22,47H2,(H2,48,66)(H2,49,67)(H2,50,68)(H,55,70)(H,56,72)(H,57,75)(H,58,69)(H,59,73)(H,60,71)(H,61,74)(H4,51,52,54)/t27-,28-,29-,30-,31-,32-,33-,34?/m0/s1. The number of azide groups is 1. The highest BCUT2D eigenvalue weighted by atomic mass is 33.1. The van der Waals surface area contributed by atoms with E-state index >= 15 is 0 Å². The van der Waals surface area contributed by atoms with Crippen LogP contribution in [0, 0.1) is 0 Å². The molecule has 30 nitrogen and oxygen atoms in total. The van der Waals surface area contributed by atoms with Crippen molar-refractivity contribution in [2.24, 2.45) is 44.5 Å². The first kappa shape index (κ1) is 62.2. The number of primary amides is 3. The molecule has 20 N–H and O–H groups in total. The molecule has 422 valence electrons. The number of rotatable bonds is 20. The monoisotopic (exact) mass is 1120 g/mol. The van der Waals surface area contributed by atoms with Crippen LogP contribution in [0.1, 0.15) is 56.1 Å². The second-order valence-electron chi connectivity index (χ2n) is 18.0. The number of aromatic hydroxyl groups is 1. The maximum Gasteiger partial charge on any atom is 0.246 e. The molecule has 2 saturated heterocycles. The Hall–Kier alpha value is -8.35. The molecular weight excluding hydrogens is 1060 g/mol. The van der Waals surface area contributed by atoms with Crippen molar-refractivity contribution in [2.45, 2.75) is 106 Å². The number of likely N-dealkylation sites (tertiary alicyclic amines) is 1. The number of hydrogen-bond donors (Lipinski definition) is 14. The minimum absolute atomic E-state index is 0.0109. The van der Waals surface area contributed by atoms with Crippen LogP contribution in [0.4, 0.5) is 5.69 Å². The molecule has 0 radical (unpaired) electrons. The number of aliphatic imine (C=N–C) groups is 1. The Bertz CT molecular complexity index is 2600. The number of carbonyl (C=O) groups excluding carboxylic acids is 11. The zero-order chi connectivity index (χ0) is 57.5. The van der Waals surface area contributed by atoms with Gasteiger partial charge in [0.2, 0.25) is 65.0 Å². The molecule has 0 spiro atoms. The first-order valence-corrected chi connectivity index (χ1v) is 26.8. The van der Waals surface area contributed by atoms with E-state index < -0.39 is 139 Å². The Morgan fingerprint density at radius 1 is 0.744 bits per heavy atom. The van der Waals surface area contributed by atoms with Gasteiger partial charge in [-0.3, -0.25) is 57.7 Å². The molecule has 2 heterocycles. The van der Waals surface area contributed by atoms with Crippen LogP contribution in [0.3, 0.4) is 0 Å². The van der Waals surface area contributed by atoms with E-state index in [2.05, 4.69) is 52.2 Å². The van der Waals surface area contributed by atoms with E-state index in [9.17, 15) is 57.8 Å². The molecule has 4 rings (SSSR count). The zero-order valence-electron chi connectivity index (χ0n) is 42.1. The molecule has 11 amide bonds. The van der Waals surface area contributed by atoms with Gasteiger partial charge in [-0.25, -0.2) is 0 Å². The van der Waals surface area contributed by atoms with Crippen molar-refractivity contribution in [1.82, 2.24) is 42.1 Å². The molecule has 2 aromatic carbocycles. The molecule has 1 unspecified atom stereocenters. The maximum absolute atomic E-state index is 14.6. The topological polar surface area (TPSA) is 513 Å². The molecule has 0 bridgehead atoms. The van der Waals surface area contributed by atoms with Crippen molar-refractivity contribution in [3.63, 3.8) is 0 Å². The first-order chi connectivity index (χ1) is 37.0. The molecule has 0 aliphatic carbocycles. The van der Waals surface area contributed by atoms with Crippen LogP contribution in [0.2, 0.25) is 0 Å². The van der Waals surface area contributed by atoms with Crippen LogP contribution in [-0.4, -0.2) is 160 Å². The maximum atomic E-state index is 14.6. The number of guanidine groups is 1. The highest BCUT2D eigenvalue weighted by Crippen LogP contribution is 2.26. The predicted molar refractivity (Wildman–Crippen MR) is 284 cm³/mol. The summed E-state index contributed by atoms with van der Waals surface area (Å²) < 4.78 is 0. The lowest BCUT2D eigenvalue weighted by Gasteiger charge is -2.31. The third-order valence-electron chi connectivity index (χ3n) is 11.9. The lowest BCUT2D eigenvalue weighted by atomic mass is 10.0. The highest BCUT2D eigenvalue weighted by molar-refractivity contribution is 8.76. The molecule has 0 aromatic heterocycles. The number of nitrogens with zero attached hydrogens (tertiary/aromatic N) is 5. The Morgan fingerprint density at radius 2 is 1.31 bits per heavy atom. The van der Waals surface area contributed by atoms with E-state index in [1.807, 2.05) is 0 Å². The Labute approximate surface area is 454 Å². The van der Waals surface area contributed by atoms with Gasteiger partial charge in [-0.15, -0.1) is 0 Å². The second kappa shape index (κ2) is 31.0. The number of amides is 11. The van der Waals surface area contributed by atoms with Gasteiger partial charge >= 0.3 is 0 Å². The summed E-state index contributed by atoms with van der Waals surface area (Å²) >= 11 is 0. The molecule has 2 aliphatic rings. The quantitative estimate of drug-likeness (QED) is 0.0113. The van der Waals surface area contributed by atoms with E-state index in [0.717, 1.165) is 21.6 Å². The van der Waals surface area contributed by atoms with Crippen molar-refractivity contribution in [1.29, 1.82) is 0 Å². The molecule has 78 heavy (non-hydrogen) atoms. The van der Waals surface area contributed by atoms with Gasteiger partial charge < -0.3 is 81.6 Å². The van der Waals surface area contributed by atoms with Crippen molar-refractivity contribution in [3.05, 3.63) is 70.1 Å². The van der Waals surface area contributed by atoms with E-state index in [1.165, 1.54) is 53.4 Å². The van der Waals surface area contributed by atoms with Crippen molar-refractivity contribution < 1.29 is 57.8 Å². The first-order valence-electron chi connectivity index (χ1n) is 24.3. The number of hydrogen-bond acceptors (Lipinski definition) is 17. The van der Waals surface area contributed by atoms with Gasteiger partial charge in [-0.2, -0.15) is 0 Å². The van der Waals surface area contributed by atoms with Crippen LogP contribution in [-0.2, 0) is 65.6 Å². The molecule has 32 heteroatoms. The predicted octanol–water partition coefficient (Wildman–Crippen LogP) is -4.46. The number of phenolic OH excluding ortho intramolecular Hbond substituents is 1. The smallest absolute Gasteiger partial charge is 0.246 e. The number of benzene rings is 2. The third kappa shape index (κ3) is 20.6. The SMILES string of the molecule is [N-]=[N+]=Nc1ccc(C[C@@H]2NC(=O)[C@H](Cc3ccc(O)cc3)NC(=O)[C@@H](N)CSSC[C@@H](C(=O)N3CCCC3C(=O)N[C@@H](CCCN=C(N)N)C(=O)NCC(N)=O)NC(=O)[C@H](CC(N)=O)NC(=O)[C@H](CCC(N)=O)NC2=O)cc1. The van der Waals surface area contributed by atoms with Gasteiger partial charge in [-0.05, 0) is 60.9 Å². The van der Waals surface area contributed by atoms with Crippen LogP contribution in [0.25, 0.3) is 10.4 Å². The van der Waals surface area contributed by atoms with E-state index in [1.54, 1.807) is 0 Å².